The summed E-state index contributed by atoms with van der Waals surface area (Å²) >= 11 is 12.0. The molecule has 10 heteroatoms. The Morgan fingerprint density at radius 2 is 1.54 bits per heavy atom. The van der Waals surface area contributed by atoms with Crippen molar-refractivity contribution in [2.24, 2.45) is 0 Å². The highest BCUT2D eigenvalue weighted by molar-refractivity contribution is 6.30. The van der Waals surface area contributed by atoms with Gasteiger partial charge in [0.2, 0.25) is 5.43 Å². The summed E-state index contributed by atoms with van der Waals surface area (Å²) < 4.78 is 17.2. The predicted octanol–water partition coefficient (Wildman–Crippen LogP) is 5.57. The Balaban J connectivity index is 1.49. The molecule has 39 heavy (non-hydrogen) atoms. The maximum atomic E-state index is 15.4. The lowest BCUT2D eigenvalue weighted by Gasteiger charge is -2.34. The summed E-state index contributed by atoms with van der Waals surface area (Å²) in [6, 6.07) is 16.9. The zero-order chi connectivity index (χ0) is 27.5. The lowest BCUT2D eigenvalue weighted by atomic mass is 10.1. The molecule has 0 unspecified atom stereocenters. The molecule has 1 fully saturated rings. The van der Waals surface area contributed by atoms with Crippen LogP contribution in [0.4, 0.5) is 20.6 Å². The first-order valence-corrected chi connectivity index (χ1v) is 13.4. The molecule has 7 nitrogen and oxygen atoms in total. The first-order valence-electron chi connectivity index (χ1n) is 12.6. The Morgan fingerprint density at radius 1 is 0.923 bits per heavy atom. The number of pyridine rings is 1. The highest BCUT2D eigenvalue weighted by Crippen LogP contribution is 2.27. The number of nitrogens with zero attached hydrogens (tertiary/aromatic N) is 3. The summed E-state index contributed by atoms with van der Waals surface area (Å²) in [7, 11) is 2.04. The van der Waals surface area contributed by atoms with E-state index in [4.69, 9.17) is 23.2 Å². The number of likely N-dealkylation sites (N-methyl/N-ethyl adjacent to an activating group) is 1. The second kappa shape index (κ2) is 11.7. The fraction of sp³-hybridized carbons (Fsp3) is 0.241. The summed E-state index contributed by atoms with van der Waals surface area (Å²) in [6.07, 6.45) is 1.60. The van der Waals surface area contributed by atoms with Crippen LogP contribution in [0.2, 0.25) is 10.0 Å². The van der Waals surface area contributed by atoms with Crippen molar-refractivity contribution in [2.75, 3.05) is 43.4 Å². The topological polar surface area (TPSA) is 69.6 Å². The molecule has 0 radical (unpaired) electrons. The van der Waals surface area contributed by atoms with Gasteiger partial charge in [0.05, 0.1) is 16.6 Å². The van der Waals surface area contributed by atoms with Crippen molar-refractivity contribution in [1.29, 1.82) is 0 Å². The van der Waals surface area contributed by atoms with Crippen LogP contribution in [-0.4, -0.2) is 48.7 Å². The molecule has 1 aliphatic heterocycles. The van der Waals surface area contributed by atoms with Gasteiger partial charge in [-0.3, -0.25) is 4.79 Å². The van der Waals surface area contributed by atoms with Crippen molar-refractivity contribution in [3.8, 4) is 0 Å². The minimum absolute atomic E-state index is 0.0526. The number of anilines is 2. The second-order valence-corrected chi connectivity index (χ2v) is 10.5. The van der Waals surface area contributed by atoms with E-state index in [1.807, 2.05) is 28.6 Å². The fourth-order valence-corrected chi connectivity index (χ4v) is 4.90. The molecule has 2 amide bonds. The zero-order valence-electron chi connectivity index (χ0n) is 21.4. The monoisotopic (exact) mass is 567 g/mol. The third-order valence-electron chi connectivity index (χ3n) is 6.87. The van der Waals surface area contributed by atoms with Crippen LogP contribution in [0.25, 0.3) is 10.9 Å². The van der Waals surface area contributed by atoms with E-state index >= 15 is 4.39 Å². The van der Waals surface area contributed by atoms with Gasteiger partial charge in [-0.1, -0.05) is 47.5 Å². The van der Waals surface area contributed by atoms with Crippen molar-refractivity contribution >= 4 is 51.5 Å². The number of halogens is 3. The molecule has 0 bridgehead atoms. The normalized spacial score (nSPS) is 14.0. The van der Waals surface area contributed by atoms with Gasteiger partial charge in [0, 0.05) is 55.5 Å². The number of rotatable bonds is 6. The van der Waals surface area contributed by atoms with E-state index in [1.165, 1.54) is 6.07 Å². The molecule has 3 aromatic carbocycles. The van der Waals surface area contributed by atoms with Crippen molar-refractivity contribution < 1.29 is 9.18 Å². The molecule has 1 saturated heterocycles. The van der Waals surface area contributed by atoms with Gasteiger partial charge in [-0.15, -0.1) is 0 Å². The molecular formula is C29H28Cl2FN5O2. The van der Waals surface area contributed by atoms with Gasteiger partial charge in [0.25, 0.3) is 0 Å². The van der Waals surface area contributed by atoms with Gasteiger partial charge < -0.3 is 25.0 Å². The molecule has 5 rings (SSSR count). The molecule has 1 aliphatic rings. The quantitative estimate of drug-likeness (QED) is 0.319. The number of piperazine rings is 1. The van der Waals surface area contributed by atoms with Gasteiger partial charge in [-0.05, 0) is 54.6 Å². The standard InChI is InChI=1S/C29H28Cl2FN5O2/c1-35-10-12-36(13-11-35)27-15-26-23(14-24(27)32)28(38)25(18-37(26)17-20-4-8-22(31)9-5-20)34-29(39)33-16-19-2-6-21(30)7-3-19/h2-9,14-15,18H,10-13,16-17H2,1H3,(H2,33,34,39). The molecular weight excluding hydrogens is 540 g/mol. The summed E-state index contributed by atoms with van der Waals surface area (Å²) in [4.78, 5) is 30.3. The van der Waals surface area contributed by atoms with Crippen LogP contribution in [-0.2, 0) is 13.1 Å². The van der Waals surface area contributed by atoms with Crippen molar-refractivity contribution in [1.82, 2.24) is 14.8 Å². The number of carbonyl (C=O) groups is 1. The summed E-state index contributed by atoms with van der Waals surface area (Å²) in [5.74, 6) is -0.466. The smallest absolute Gasteiger partial charge is 0.319 e. The average Bonchev–Trinajstić information content (AvgIpc) is 2.92. The minimum Gasteiger partial charge on any atom is -0.367 e. The molecule has 0 spiro atoms. The highest BCUT2D eigenvalue weighted by Gasteiger charge is 2.21. The van der Waals surface area contributed by atoms with Crippen LogP contribution in [0.1, 0.15) is 11.1 Å². The molecule has 0 aliphatic carbocycles. The lowest BCUT2D eigenvalue weighted by molar-refractivity contribution is 0.251. The summed E-state index contributed by atoms with van der Waals surface area (Å²) in [5, 5.41) is 6.80. The van der Waals surface area contributed by atoms with Crippen molar-refractivity contribution in [3.63, 3.8) is 0 Å². The molecule has 0 atom stereocenters. The van der Waals surface area contributed by atoms with Gasteiger partial charge in [-0.2, -0.15) is 0 Å². The number of benzene rings is 3. The number of nitrogens with one attached hydrogen (secondary N) is 2. The Bertz CT molecular complexity index is 1550. The molecule has 0 saturated carbocycles. The zero-order valence-corrected chi connectivity index (χ0v) is 22.9. The Labute approximate surface area is 235 Å². The van der Waals surface area contributed by atoms with Crippen LogP contribution in [0, 0.1) is 5.82 Å². The van der Waals surface area contributed by atoms with Gasteiger partial charge in [-0.25, -0.2) is 9.18 Å². The van der Waals surface area contributed by atoms with E-state index in [9.17, 15) is 9.59 Å². The number of carbonyl (C=O) groups excluding carboxylic acids is 1. The van der Waals surface area contributed by atoms with E-state index in [0.29, 0.717) is 40.9 Å². The highest BCUT2D eigenvalue weighted by atomic mass is 35.5. The number of aromatic nitrogens is 1. The Hall–Kier alpha value is -3.59. The van der Waals surface area contributed by atoms with Crippen LogP contribution < -0.4 is 21.0 Å². The Kier molecular flexibility index (Phi) is 8.07. The van der Waals surface area contributed by atoms with E-state index in [0.717, 1.165) is 24.2 Å². The van der Waals surface area contributed by atoms with Gasteiger partial charge >= 0.3 is 6.03 Å². The van der Waals surface area contributed by atoms with E-state index in [1.54, 1.807) is 48.7 Å². The predicted molar refractivity (Wildman–Crippen MR) is 156 cm³/mol. The number of amides is 2. The fourth-order valence-electron chi connectivity index (χ4n) is 4.65. The molecule has 2 N–H and O–H groups in total. The van der Waals surface area contributed by atoms with Crippen LogP contribution >= 0.6 is 23.2 Å². The molecule has 1 aromatic heterocycles. The van der Waals surface area contributed by atoms with Gasteiger partial charge in [0.15, 0.2) is 0 Å². The Morgan fingerprint density at radius 3 is 2.18 bits per heavy atom. The number of urea groups is 1. The summed E-state index contributed by atoms with van der Waals surface area (Å²) in [6.45, 7) is 3.66. The van der Waals surface area contributed by atoms with Gasteiger partial charge in [0.1, 0.15) is 11.5 Å². The maximum Gasteiger partial charge on any atom is 0.319 e. The third-order valence-corrected chi connectivity index (χ3v) is 7.38. The number of hydrogen-bond donors (Lipinski definition) is 2. The first kappa shape index (κ1) is 27.0. The van der Waals surface area contributed by atoms with E-state index in [2.05, 4.69) is 15.5 Å². The SMILES string of the molecule is CN1CCN(c2cc3c(cc2F)c(=O)c(NC(=O)NCc2ccc(Cl)cc2)cn3Cc2ccc(Cl)cc2)CC1. The van der Waals surface area contributed by atoms with Crippen LogP contribution in [0.5, 0.6) is 0 Å². The van der Waals surface area contributed by atoms with Crippen LogP contribution in [0.3, 0.4) is 0 Å². The van der Waals surface area contributed by atoms with E-state index in [-0.39, 0.29) is 17.6 Å². The molecule has 2 heterocycles. The third kappa shape index (κ3) is 6.36. The second-order valence-electron chi connectivity index (χ2n) is 9.67. The van der Waals surface area contributed by atoms with Crippen LogP contribution in [0.15, 0.2) is 71.7 Å². The largest absolute Gasteiger partial charge is 0.367 e. The van der Waals surface area contributed by atoms with Crippen molar-refractivity contribution in [2.45, 2.75) is 13.1 Å². The first-order chi connectivity index (χ1) is 18.8. The lowest BCUT2D eigenvalue weighted by Crippen LogP contribution is -2.44. The number of hydrogen-bond acceptors (Lipinski definition) is 4. The minimum atomic E-state index is -0.547. The number of fused-ring (bicyclic) bond motifs is 1. The maximum absolute atomic E-state index is 15.4. The van der Waals surface area contributed by atoms with Crippen molar-refractivity contribution in [3.05, 3.63) is 104 Å². The summed E-state index contributed by atoms with van der Waals surface area (Å²) in [5.41, 5.74) is 2.43. The average molecular weight is 568 g/mol. The molecule has 4 aromatic rings. The van der Waals surface area contributed by atoms with E-state index < -0.39 is 17.3 Å². The molecule has 202 valence electrons.